The molecular weight excluding hydrogens is 472 g/mol. The summed E-state index contributed by atoms with van der Waals surface area (Å²) in [6, 6.07) is 12.1. The maximum atomic E-state index is 4.75. The molecule has 8 heteroatoms. The van der Waals surface area contributed by atoms with Crippen molar-refractivity contribution in [3.8, 4) is 0 Å². The molecule has 3 aromatic rings. The van der Waals surface area contributed by atoms with Crippen molar-refractivity contribution in [1.82, 2.24) is 25.3 Å². The molecule has 0 aliphatic carbocycles. The molecule has 0 atom stereocenters. The topological polar surface area (TPSA) is 90.9 Å². The van der Waals surface area contributed by atoms with Gasteiger partial charge < -0.3 is 20.9 Å². The summed E-state index contributed by atoms with van der Waals surface area (Å²) in [6.45, 7) is 20.5. The van der Waals surface area contributed by atoms with E-state index in [1.807, 2.05) is 51.2 Å². The van der Waals surface area contributed by atoms with Crippen LogP contribution in [-0.4, -0.2) is 46.6 Å². The Morgan fingerprint density at radius 3 is 2.50 bits per heavy atom. The van der Waals surface area contributed by atoms with E-state index in [1.165, 1.54) is 0 Å². The standard InChI is InChI=1S/C30H40N8/c1-9-25(33-19-21(2)3)23-14-13-22(4)26(18-23)34-28-35-27(32-17-15-24-12-10-11-16-31-24)36-29(37-28)38(8)20-30(5,6)7/h10-14,16,18,33H,1-2,15,17,19-20H2,3-8H3,(H2,32,34,35,36,37). The molecule has 2 aromatic heterocycles. The number of hydrogen-bond donors (Lipinski definition) is 3. The summed E-state index contributed by atoms with van der Waals surface area (Å²) in [5, 5.41) is 10.1. The van der Waals surface area contributed by atoms with Gasteiger partial charge in [0.05, 0.1) is 5.70 Å². The van der Waals surface area contributed by atoms with Crippen LogP contribution < -0.4 is 20.9 Å². The predicted octanol–water partition coefficient (Wildman–Crippen LogP) is 5.75. The molecule has 0 saturated carbocycles. The summed E-state index contributed by atoms with van der Waals surface area (Å²) < 4.78 is 0. The summed E-state index contributed by atoms with van der Waals surface area (Å²) >= 11 is 0. The average Bonchev–Trinajstić information content (AvgIpc) is 2.85. The highest BCUT2D eigenvalue weighted by Crippen LogP contribution is 2.25. The van der Waals surface area contributed by atoms with E-state index in [9.17, 15) is 0 Å². The van der Waals surface area contributed by atoms with Crippen LogP contribution in [0.5, 0.6) is 0 Å². The second kappa shape index (κ2) is 12.9. The minimum absolute atomic E-state index is 0.0800. The molecule has 0 bridgehead atoms. The molecule has 38 heavy (non-hydrogen) atoms. The molecule has 0 fully saturated rings. The van der Waals surface area contributed by atoms with Crippen LogP contribution in [0, 0.1) is 12.3 Å². The normalized spacial score (nSPS) is 10.9. The first-order valence-electron chi connectivity index (χ1n) is 12.8. The van der Waals surface area contributed by atoms with Gasteiger partial charge in [0.15, 0.2) is 0 Å². The molecule has 0 aliphatic heterocycles. The Morgan fingerprint density at radius 2 is 1.84 bits per heavy atom. The second-order valence-corrected chi connectivity index (χ2v) is 10.7. The van der Waals surface area contributed by atoms with Gasteiger partial charge in [0, 0.05) is 56.2 Å². The van der Waals surface area contributed by atoms with Crippen molar-refractivity contribution < 1.29 is 0 Å². The van der Waals surface area contributed by atoms with Crippen LogP contribution in [-0.2, 0) is 6.42 Å². The van der Waals surface area contributed by atoms with Gasteiger partial charge in [-0.25, -0.2) is 0 Å². The number of nitrogens with zero attached hydrogens (tertiary/aromatic N) is 5. The van der Waals surface area contributed by atoms with Gasteiger partial charge in [0.2, 0.25) is 17.8 Å². The second-order valence-electron chi connectivity index (χ2n) is 10.7. The summed E-state index contributed by atoms with van der Waals surface area (Å²) in [5.74, 6) is 1.58. The van der Waals surface area contributed by atoms with Crippen LogP contribution in [0.4, 0.5) is 23.5 Å². The zero-order valence-corrected chi connectivity index (χ0v) is 23.5. The highest BCUT2D eigenvalue weighted by Gasteiger charge is 2.18. The molecule has 0 radical (unpaired) electrons. The van der Waals surface area contributed by atoms with Crippen molar-refractivity contribution in [3.63, 3.8) is 0 Å². The fraction of sp³-hybridized carbons (Fsp3) is 0.367. The third-order valence-electron chi connectivity index (χ3n) is 5.58. The lowest BCUT2D eigenvalue weighted by molar-refractivity contribution is 0.416. The Labute approximate surface area is 227 Å². The van der Waals surface area contributed by atoms with Gasteiger partial charge in [0.1, 0.15) is 0 Å². The first kappa shape index (κ1) is 28.4. The molecule has 3 rings (SSSR count). The van der Waals surface area contributed by atoms with Crippen molar-refractivity contribution in [1.29, 1.82) is 0 Å². The first-order chi connectivity index (χ1) is 18.0. The molecular formula is C30H40N8. The zero-order chi connectivity index (χ0) is 27.7. The first-order valence-corrected chi connectivity index (χ1v) is 12.8. The number of aryl methyl sites for hydroxylation is 1. The number of pyridine rings is 1. The SMILES string of the molecule is C=C=C(NCC(=C)C)c1ccc(C)c(Nc2nc(NCCc3ccccn3)nc(N(C)CC(C)(C)C)n2)c1. The van der Waals surface area contributed by atoms with Gasteiger partial charge in [-0.15, -0.1) is 5.73 Å². The van der Waals surface area contributed by atoms with Crippen LogP contribution >= 0.6 is 0 Å². The van der Waals surface area contributed by atoms with Crippen LogP contribution in [0.3, 0.4) is 0 Å². The Hall–Kier alpha value is -4.16. The van der Waals surface area contributed by atoms with Gasteiger partial charge in [-0.2, -0.15) is 15.0 Å². The van der Waals surface area contributed by atoms with Crippen LogP contribution in [0.1, 0.15) is 44.5 Å². The van der Waals surface area contributed by atoms with Crippen LogP contribution in [0.15, 0.2) is 67.1 Å². The van der Waals surface area contributed by atoms with Crippen LogP contribution in [0.25, 0.3) is 5.70 Å². The highest BCUT2D eigenvalue weighted by molar-refractivity contribution is 5.70. The predicted molar refractivity (Wildman–Crippen MR) is 159 cm³/mol. The third-order valence-corrected chi connectivity index (χ3v) is 5.58. The molecule has 0 spiro atoms. The Balaban J connectivity index is 1.88. The maximum absolute atomic E-state index is 4.75. The lowest BCUT2D eigenvalue weighted by Crippen LogP contribution is -2.31. The lowest BCUT2D eigenvalue weighted by Gasteiger charge is -2.27. The number of hydrogen-bond acceptors (Lipinski definition) is 8. The van der Waals surface area contributed by atoms with Crippen LogP contribution in [0.2, 0.25) is 0 Å². The molecule has 8 nitrogen and oxygen atoms in total. The van der Waals surface area contributed by atoms with Crippen molar-refractivity contribution in [3.05, 3.63) is 83.9 Å². The zero-order valence-electron chi connectivity index (χ0n) is 23.5. The van der Waals surface area contributed by atoms with E-state index in [-0.39, 0.29) is 5.41 Å². The molecule has 0 saturated heterocycles. The fourth-order valence-electron chi connectivity index (χ4n) is 3.84. The smallest absolute Gasteiger partial charge is 0.233 e. The summed E-state index contributed by atoms with van der Waals surface area (Å²) in [6.07, 6.45) is 2.56. The monoisotopic (exact) mass is 512 g/mol. The van der Waals surface area contributed by atoms with E-state index in [0.717, 1.165) is 46.7 Å². The number of aromatic nitrogens is 4. The van der Waals surface area contributed by atoms with Crippen molar-refractivity contribution >= 4 is 29.2 Å². The van der Waals surface area contributed by atoms with Gasteiger partial charge in [-0.3, -0.25) is 4.98 Å². The number of anilines is 4. The number of nitrogens with one attached hydrogen (secondary N) is 3. The van der Waals surface area contributed by atoms with Gasteiger partial charge in [-0.05, 0) is 43.0 Å². The van der Waals surface area contributed by atoms with E-state index in [4.69, 9.17) is 9.97 Å². The summed E-state index contributed by atoms with van der Waals surface area (Å²) in [5.41, 5.74) is 8.85. The average molecular weight is 513 g/mol. The van der Waals surface area contributed by atoms with E-state index in [2.05, 4.69) is 76.5 Å². The molecule has 1 aromatic carbocycles. The minimum atomic E-state index is 0.0800. The molecule has 2 heterocycles. The fourth-order valence-corrected chi connectivity index (χ4v) is 3.84. The van der Waals surface area contributed by atoms with E-state index >= 15 is 0 Å². The Kier molecular flexibility index (Phi) is 9.63. The van der Waals surface area contributed by atoms with E-state index < -0.39 is 0 Å². The number of rotatable bonds is 12. The maximum Gasteiger partial charge on any atom is 0.233 e. The van der Waals surface area contributed by atoms with Crippen molar-refractivity contribution in [2.75, 3.05) is 42.2 Å². The Bertz CT molecular complexity index is 1290. The third kappa shape index (κ3) is 8.75. The summed E-state index contributed by atoms with van der Waals surface area (Å²) in [7, 11) is 2.00. The van der Waals surface area contributed by atoms with E-state index in [1.54, 1.807) is 6.20 Å². The molecule has 3 N–H and O–H groups in total. The highest BCUT2D eigenvalue weighted by atomic mass is 15.3. The van der Waals surface area contributed by atoms with Crippen molar-refractivity contribution in [2.24, 2.45) is 5.41 Å². The molecule has 0 unspecified atom stereocenters. The van der Waals surface area contributed by atoms with Crippen molar-refractivity contribution in [2.45, 2.75) is 41.0 Å². The largest absolute Gasteiger partial charge is 0.375 e. The lowest BCUT2D eigenvalue weighted by atomic mass is 9.96. The Morgan fingerprint density at radius 1 is 1.08 bits per heavy atom. The van der Waals surface area contributed by atoms with Gasteiger partial charge >= 0.3 is 0 Å². The summed E-state index contributed by atoms with van der Waals surface area (Å²) in [4.78, 5) is 20.6. The molecule has 200 valence electrons. The quantitative estimate of drug-likeness (QED) is 0.209. The minimum Gasteiger partial charge on any atom is -0.375 e. The number of benzene rings is 1. The molecule has 0 amide bonds. The molecule has 0 aliphatic rings. The van der Waals surface area contributed by atoms with Gasteiger partial charge in [0.25, 0.3) is 0 Å². The van der Waals surface area contributed by atoms with Gasteiger partial charge in [-0.1, -0.05) is 57.7 Å². The van der Waals surface area contributed by atoms with E-state index in [0.29, 0.717) is 30.9 Å².